The molecule has 0 unspecified atom stereocenters. The fraction of sp³-hybridized carbons (Fsp3) is 0.462. The first-order valence-corrected chi connectivity index (χ1v) is 6.36. The number of nitrogens with zero attached hydrogens (tertiary/aromatic N) is 1. The normalized spacial score (nSPS) is 16.8. The lowest BCUT2D eigenvalue weighted by Crippen LogP contribution is -2.23. The summed E-state index contributed by atoms with van der Waals surface area (Å²) in [4.78, 5) is 0. The fourth-order valence-electron chi connectivity index (χ4n) is 1.86. The van der Waals surface area contributed by atoms with Crippen LogP contribution in [0.5, 0.6) is 0 Å². The largest absolute Gasteiger partial charge is 0.312 e. The molecular formula is C13H15BrN2. The maximum Gasteiger partial charge on any atom is 0.0628 e. The summed E-state index contributed by atoms with van der Waals surface area (Å²) in [6, 6.07) is 10.5. The highest BCUT2D eigenvalue weighted by Gasteiger charge is 2.41. The third-order valence-corrected chi connectivity index (χ3v) is 3.96. The minimum atomic E-state index is 0.288. The van der Waals surface area contributed by atoms with Gasteiger partial charge in [0.2, 0.25) is 0 Å². The zero-order chi connectivity index (χ0) is 11.4. The summed E-state index contributed by atoms with van der Waals surface area (Å²) in [6.07, 6.45) is 3.09. The minimum Gasteiger partial charge on any atom is -0.312 e. The van der Waals surface area contributed by atoms with Gasteiger partial charge in [-0.3, -0.25) is 0 Å². The molecule has 1 fully saturated rings. The highest BCUT2D eigenvalue weighted by Crippen LogP contribution is 2.47. The van der Waals surface area contributed by atoms with E-state index >= 15 is 0 Å². The van der Waals surface area contributed by atoms with Crippen LogP contribution in [0, 0.1) is 16.7 Å². The summed E-state index contributed by atoms with van der Waals surface area (Å²) < 4.78 is 1.15. The van der Waals surface area contributed by atoms with Gasteiger partial charge in [-0.2, -0.15) is 5.26 Å². The number of halogens is 1. The molecule has 0 aromatic heterocycles. The van der Waals surface area contributed by atoms with Crippen LogP contribution in [0.4, 0.5) is 0 Å². The van der Waals surface area contributed by atoms with Crippen LogP contribution in [0.25, 0.3) is 0 Å². The second-order valence-corrected chi connectivity index (χ2v) is 5.38. The van der Waals surface area contributed by atoms with Crippen LogP contribution >= 0.6 is 15.9 Å². The van der Waals surface area contributed by atoms with E-state index in [4.69, 9.17) is 5.26 Å². The van der Waals surface area contributed by atoms with Crippen molar-refractivity contribution in [2.75, 3.05) is 6.54 Å². The van der Waals surface area contributed by atoms with Crippen molar-refractivity contribution in [2.24, 2.45) is 5.41 Å². The van der Waals surface area contributed by atoms with E-state index in [2.05, 4.69) is 39.4 Å². The monoisotopic (exact) mass is 278 g/mol. The van der Waals surface area contributed by atoms with Crippen LogP contribution in [0.15, 0.2) is 28.7 Å². The van der Waals surface area contributed by atoms with Gasteiger partial charge in [-0.15, -0.1) is 0 Å². The number of nitriles is 1. The van der Waals surface area contributed by atoms with Crippen LogP contribution in [-0.2, 0) is 6.54 Å². The molecule has 16 heavy (non-hydrogen) atoms. The van der Waals surface area contributed by atoms with Crippen molar-refractivity contribution in [3.63, 3.8) is 0 Å². The first kappa shape index (κ1) is 11.6. The lowest BCUT2D eigenvalue weighted by Gasteiger charge is -2.12. The molecule has 84 valence electrons. The SMILES string of the molecule is N#CCC1(CNCc2ccccc2Br)CC1. The molecule has 3 heteroatoms. The van der Waals surface area contributed by atoms with E-state index < -0.39 is 0 Å². The zero-order valence-electron chi connectivity index (χ0n) is 9.17. The van der Waals surface area contributed by atoms with Crippen LogP contribution in [0.1, 0.15) is 24.8 Å². The first-order valence-electron chi connectivity index (χ1n) is 5.57. The van der Waals surface area contributed by atoms with Gasteiger partial charge < -0.3 is 5.32 Å². The minimum absolute atomic E-state index is 0.288. The Morgan fingerprint density at radius 1 is 1.38 bits per heavy atom. The van der Waals surface area contributed by atoms with Gasteiger partial charge in [-0.05, 0) is 29.9 Å². The molecule has 0 heterocycles. The summed E-state index contributed by atoms with van der Waals surface area (Å²) in [7, 11) is 0. The van der Waals surface area contributed by atoms with Crippen molar-refractivity contribution in [2.45, 2.75) is 25.8 Å². The molecule has 1 saturated carbocycles. The molecule has 1 N–H and O–H groups in total. The second kappa shape index (κ2) is 4.99. The van der Waals surface area contributed by atoms with E-state index in [0.717, 1.165) is 17.6 Å². The summed E-state index contributed by atoms with van der Waals surface area (Å²) in [5.74, 6) is 0. The van der Waals surface area contributed by atoms with Gasteiger partial charge in [0, 0.05) is 24.0 Å². The maximum absolute atomic E-state index is 8.72. The van der Waals surface area contributed by atoms with Gasteiger partial charge in [0.25, 0.3) is 0 Å². The Kier molecular flexibility index (Phi) is 3.63. The average molecular weight is 279 g/mol. The van der Waals surface area contributed by atoms with E-state index in [1.165, 1.54) is 18.4 Å². The zero-order valence-corrected chi connectivity index (χ0v) is 10.8. The molecule has 1 aromatic carbocycles. The van der Waals surface area contributed by atoms with Gasteiger partial charge in [0.1, 0.15) is 0 Å². The Morgan fingerprint density at radius 3 is 2.75 bits per heavy atom. The number of nitrogens with one attached hydrogen (secondary N) is 1. The third kappa shape index (κ3) is 2.84. The average Bonchev–Trinajstić information content (AvgIpc) is 3.02. The van der Waals surface area contributed by atoms with Gasteiger partial charge in [0.15, 0.2) is 0 Å². The Hall–Kier alpha value is -0.850. The standard InChI is InChI=1S/C13H15BrN2/c14-12-4-2-1-3-11(12)9-16-10-13(5-6-13)7-8-15/h1-4,16H,5-7,9-10H2. The highest BCUT2D eigenvalue weighted by molar-refractivity contribution is 9.10. The quantitative estimate of drug-likeness (QED) is 0.898. The second-order valence-electron chi connectivity index (χ2n) is 4.53. The summed E-state index contributed by atoms with van der Waals surface area (Å²) in [5, 5.41) is 12.2. The van der Waals surface area contributed by atoms with Crippen LogP contribution in [0.3, 0.4) is 0 Å². The van der Waals surface area contributed by atoms with E-state index in [0.29, 0.717) is 6.42 Å². The Bertz CT molecular complexity index is 405. The molecule has 0 aliphatic heterocycles. The van der Waals surface area contributed by atoms with Crippen molar-refractivity contribution in [1.29, 1.82) is 5.26 Å². The lowest BCUT2D eigenvalue weighted by molar-refractivity contribution is 0.466. The fourth-order valence-corrected chi connectivity index (χ4v) is 2.29. The predicted molar refractivity (Wildman–Crippen MR) is 67.7 cm³/mol. The molecular weight excluding hydrogens is 264 g/mol. The van der Waals surface area contributed by atoms with Crippen molar-refractivity contribution in [3.8, 4) is 6.07 Å². The summed E-state index contributed by atoms with van der Waals surface area (Å²) in [6.45, 7) is 1.83. The van der Waals surface area contributed by atoms with Gasteiger partial charge in [0.05, 0.1) is 6.07 Å². The van der Waals surface area contributed by atoms with E-state index in [1.807, 2.05) is 12.1 Å². The number of benzene rings is 1. The number of hydrogen-bond donors (Lipinski definition) is 1. The van der Waals surface area contributed by atoms with Crippen LogP contribution in [-0.4, -0.2) is 6.54 Å². The number of rotatable bonds is 5. The molecule has 0 spiro atoms. The summed E-state index contributed by atoms with van der Waals surface area (Å²) >= 11 is 3.53. The third-order valence-electron chi connectivity index (χ3n) is 3.18. The molecule has 2 rings (SSSR count). The molecule has 1 aromatic rings. The van der Waals surface area contributed by atoms with E-state index in [9.17, 15) is 0 Å². The Labute approximate surface area is 105 Å². The highest BCUT2D eigenvalue weighted by atomic mass is 79.9. The van der Waals surface area contributed by atoms with Crippen molar-refractivity contribution in [1.82, 2.24) is 5.32 Å². The smallest absolute Gasteiger partial charge is 0.0628 e. The molecule has 2 nitrogen and oxygen atoms in total. The predicted octanol–water partition coefficient (Wildman–Crippen LogP) is 3.23. The topological polar surface area (TPSA) is 35.8 Å². The van der Waals surface area contributed by atoms with Gasteiger partial charge in [-0.25, -0.2) is 0 Å². The lowest BCUT2D eigenvalue weighted by atomic mass is 10.0. The molecule has 1 aliphatic carbocycles. The van der Waals surface area contributed by atoms with Crippen LogP contribution in [0.2, 0.25) is 0 Å². The van der Waals surface area contributed by atoms with Gasteiger partial charge >= 0.3 is 0 Å². The molecule has 0 atom stereocenters. The molecule has 0 saturated heterocycles. The number of hydrogen-bond acceptors (Lipinski definition) is 2. The van der Waals surface area contributed by atoms with Crippen molar-refractivity contribution >= 4 is 15.9 Å². The Balaban J connectivity index is 1.81. The van der Waals surface area contributed by atoms with Crippen molar-refractivity contribution < 1.29 is 0 Å². The maximum atomic E-state index is 8.72. The first-order chi connectivity index (χ1) is 7.76. The van der Waals surface area contributed by atoms with E-state index in [-0.39, 0.29) is 5.41 Å². The molecule has 0 bridgehead atoms. The van der Waals surface area contributed by atoms with Crippen molar-refractivity contribution in [3.05, 3.63) is 34.3 Å². The van der Waals surface area contributed by atoms with E-state index in [1.54, 1.807) is 0 Å². The Morgan fingerprint density at radius 2 is 2.12 bits per heavy atom. The molecule has 1 aliphatic rings. The molecule has 0 amide bonds. The van der Waals surface area contributed by atoms with Crippen LogP contribution < -0.4 is 5.32 Å². The van der Waals surface area contributed by atoms with Gasteiger partial charge in [-0.1, -0.05) is 34.1 Å². The molecule has 0 radical (unpaired) electrons. The summed E-state index contributed by atoms with van der Waals surface area (Å²) in [5.41, 5.74) is 1.56.